The van der Waals surface area contributed by atoms with E-state index in [2.05, 4.69) is 16.4 Å². The number of hydrogen-bond acceptors (Lipinski definition) is 4. The number of para-hydroxylation sites is 1. The van der Waals surface area contributed by atoms with Gasteiger partial charge in [0.1, 0.15) is 11.6 Å². The third kappa shape index (κ3) is 3.62. The number of carbonyl (C=O) groups is 1. The van der Waals surface area contributed by atoms with Gasteiger partial charge in [-0.1, -0.05) is 18.2 Å². The zero-order valence-corrected chi connectivity index (χ0v) is 13.5. The van der Waals surface area contributed by atoms with Crippen molar-refractivity contribution in [2.45, 2.75) is 6.42 Å². The molecule has 1 aromatic heterocycles. The highest BCUT2D eigenvalue weighted by molar-refractivity contribution is 5.93. The second-order valence-corrected chi connectivity index (χ2v) is 6.00. The summed E-state index contributed by atoms with van der Waals surface area (Å²) in [4.78, 5) is 17.7. The van der Waals surface area contributed by atoms with Gasteiger partial charge < -0.3 is 15.0 Å². The van der Waals surface area contributed by atoms with Crippen molar-refractivity contribution < 1.29 is 9.53 Å². The normalized spacial score (nSPS) is 16.2. The van der Waals surface area contributed by atoms with E-state index in [1.807, 2.05) is 24.3 Å². The average Bonchev–Trinajstić information content (AvgIpc) is 2.59. The lowest BCUT2D eigenvalue weighted by molar-refractivity contribution is 0.0827. The van der Waals surface area contributed by atoms with Crippen LogP contribution < -0.4 is 10.1 Å². The smallest absolute Gasteiger partial charge is 0.254 e. The topological polar surface area (TPSA) is 54.5 Å². The molecular formula is C18H21N3O2. The second-order valence-electron chi connectivity index (χ2n) is 6.00. The zero-order chi connectivity index (χ0) is 16.2. The monoisotopic (exact) mass is 311 g/mol. The van der Waals surface area contributed by atoms with Gasteiger partial charge in [0.15, 0.2) is 0 Å². The van der Waals surface area contributed by atoms with Crippen molar-refractivity contribution in [1.29, 1.82) is 0 Å². The number of rotatable bonds is 4. The molecule has 0 saturated heterocycles. The van der Waals surface area contributed by atoms with Crippen LogP contribution in [0.2, 0.25) is 0 Å². The van der Waals surface area contributed by atoms with Gasteiger partial charge in [0.05, 0.1) is 12.2 Å². The molecule has 5 heteroatoms. The Bertz CT molecular complexity index is 683. The average molecular weight is 311 g/mol. The highest BCUT2D eigenvalue weighted by atomic mass is 16.5. The second kappa shape index (κ2) is 6.69. The molecule has 1 aliphatic heterocycles. The SMILES string of the molecule is CN(C)C(=O)c1ccc(NC[C@H]2COc3ccccc3C2)nc1. The summed E-state index contributed by atoms with van der Waals surface area (Å²) in [5.74, 6) is 2.14. The van der Waals surface area contributed by atoms with Crippen molar-refractivity contribution in [3.63, 3.8) is 0 Å². The van der Waals surface area contributed by atoms with Crippen molar-refractivity contribution >= 4 is 11.7 Å². The number of amides is 1. The first-order valence-electron chi connectivity index (χ1n) is 7.76. The molecule has 23 heavy (non-hydrogen) atoms. The minimum Gasteiger partial charge on any atom is -0.493 e. The van der Waals surface area contributed by atoms with Gasteiger partial charge in [0.25, 0.3) is 5.91 Å². The molecule has 0 spiro atoms. The number of nitrogens with one attached hydrogen (secondary N) is 1. The van der Waals surface area contributed by atoms with E-state index in [0.29, 0.717) is 18.1 Å². The molecule has 0 unspecified atom stereocenters. The van der Waals surface area contributed by atoms with E-state index >= 15 is 0 Å². The van der Waals surface area contributed by atoms with Gasteiger partial charge in [-0.25, -0.2) is 4.98 Å². The van der Waals surface area contributed by atoms with Crippen LogP contribution in [0.15, 0.2) is 42.6 Å². The molecule has 120 valence electrons. The Morgan fingerprint density at radius 1 is 1.30 bits per heavy atom. The number of fused-ring (bicyclic) bond motifs is 1. The van der Waals surface area contributed by atoms with Crippen molar-refractivity contribution in [3.8, 4) is 5.75 Å². The van der Waals surface area contributed by atoms with Gasteiger partial charge in [-0.15, -0.1) is 0 Å². The number of pyridine rings is 1. The lowest BCUT2D eigenvalue weighted by Crippen LogP contribution is -2.27. The minimum absolute atomic E-state index is 0.0404. The van der Waals surface area contributed by atoms with E-state index in [4.69, 9.17) is 4.74 Å². The molecule has 0 saturated carbocycles. The van der Waals surface area contributed by atoms with Crippen LogP contribution in [0.3, 0.4) is 0 Å². The van der Waals surface area contributed by atoms with Gasteiger partial charge in [-0.3, -0.25) is 4.79 Å². The largest absolute Gasteiger partial charge is 0.493 e. The van der Waals surface area contributed by atoms with Gasteiger partial charge in [-0.05, 0) is 30.2 Å². The molecule has 2 aromatic rings. The Morgan fingerprint density at radius 3 is 2.87 bits per heavy atom. The van der Waals surface area contributed by atoms with Crippen molar-refractivity contribution in [1.82, 2.24) is 9.88 Å². The molecule has 5 nitrogen and oxygen atoms in total. The maximum atomic E-state index is 11.8. The summed E-state index contributed by atoms with van der Waals surface area (Å²) < 4.78 is 5.79. The Hall–Kier alpha value is -2.56. The molecule has 0 radical (unpaired) electrons. The number of hydrogen-bond donors (Lipinski definition) is 1. The first-order valence-corrected chi connectivity index (χ1v) is 7.76. The summed E-state index contributed by atoms with van der Waals surface area (Å²) in [6.07, 6.45) is 2.61. The molecule has 1 atom stereocenters. The summed E-state index contributed by atoms with van der Waals surface area (Å²) >= 11 is 0. The lowest BCUT2D eigenvalue weighted by Gasteiger charge is -2.25. The molecule has 0 aliphatic carbocycles. The maximum Gasteiger partial charge on any atom is 0.254 e. The van der Waals surface area contributed by atoms with Crippen LogP contribution in [0.25, 0.3) is 0 Å². The maximum absolute atomic E-state index is 11.8. The number of nitrogens with zero attached hydrogens (tertiary/aromatic N) is 2. The molecule has 2 heterocycles. The van der Waals surface area contributed by atoms with Crippen LogP contribution >= 0.6 is 0 Å². The summed E-state index contributed by atoms with van der Waals surface area (Å²) in [5, 5.41) is 3.32. The summed E-state index contributed by atoms with van der Waals surface area (Å²) in [5.41, 5.74) is 1.85. The first-order chi connectivity index (χ1) is 11.1. The van der Waals surface area contributed by atoms with E-state index in [1.165, 1.54) is 5.56 Å². The molecule has 1 N–H and O–H groups in total. The zero-order valence-electron chi connectivity index (χ0n) is 13.5. The van der Waals surface area contributed by atoms with Gasteiger partial charge in [0.2, 0.25) is 0 Å². The molecule has 1 aromatic carbocycles. The molecule has 0 bridgehead atoms. The van der Waals surface area contributed by atoms with E-state index < -0.39 is 0 Å². The molecule has 1 aliphatic rings. The summed E-state index contributed by atoms with van der Waals surface area (Å²) in [6.45, 7) is 1.50. The standard InChI is InChI=1S/C18H21N3O2/c1-21(2)18(22)15-7-8-17(20-11-15)19-10-13-9-14-5-3-4-6-16(14)23-12-13/h3-8,11,13H,9-10,12H2,1-2H3,(H,19,20)/t13-/m0/s1. The van der Waals surface area contributed by atoms with Crippen LogP contribution in [0.4, 0.5) is 5.82 Å². The van der Waals surface area contributed by atoms with E-state index in [-0.39, 0.29) is 5.91 Å². The van der Waals surface area contributed by atoms with Gasteiger partial charge in [-0.2, -0.15) is 0 Å². The summed E-state index contributed by atoms with van der Waals surface area (Å²) in [6, 6.07) is 11.8. The molecule has 1 amide bonds. The number of aromatic nitrogens is 1. The number of anilines is 1. The number of carbonyl (C=O) groups excluding carboxylic acids is 1. The van der Waals surface area contributed by atoms with E-state index in [1.54, 1.807) is 31.3 Å². The highest BCUT2D eigenvalue weighted by Crippen LogP contribution is 2.26. The predicted molar refractivity (Wildman–Crippen MR) is 89.9 cm³/mol. The van der Waals surface area contributed by atoms with Crippen molar-refractivity contribution in [3.05, 3.63) is 53.7 Å². The quantitative estimate of drug-likeness (QED) is 0.942. The van der Waals surface area contributed by atoms with E-state index in [9.17, 15) is 4.79 Å². The lowest BCUT2D eigenvalue weighted by atomic mass is 9.97. The van der Waals surface area contributed by atoms with Crippen LogP contribution in [0.5, 0.6) is 5.75 Å². The Labute approximate surface area is 136 Å². The Kier molecular flexibility index (Phi) is 4.46. The Balaban J connectivity index is 1.56. The molecule has 3 rings (SSSR count). The Morgan fingerprint density at radius 2 is 2.13 bits per heavy atom. The molecule has 0 fully saturated rings. The third-order valence-electron chi connectivity index (χ3n) is 3.94. The highest BCUT2D eigenvalue weighted by Gasteiger charge is 2.19. The fourth-order valence-electron chi connectivity index (χ4n) is 2.65. The van der Waals surface area contributed by atoms with E-state index in [0.717, 1.165) is 24.5 Å². The van der Waals surface area contributed by atoms with Crippen molar-refractivity contribution in [2.24, 2.45) is 5.92 Å². The van der Waals surface area contributed by atoms with Crippen LogP contribution in [0.1, 0.15) is 15.9 Å². The van der Waals surface area contributed by atoms with Gasteiger partial charge in [0, 0.05) is 32.8 Å². The predicted octanol–water partition coefficient (Wildman–Crippen LogP) is 2.45. The summed E-state index contributed by atoms with van der Waals surface area (Å²) in [7, 11) is 3.46. The van der Waals surface area contributed by atoms with Crippen LogP contribution in [-0.4, -0.2) is 43.0 Å². The van der Waals surface area contributed by atoms with Crippen LogP contribution in [0, 0.1) is 5.92 Å². The molecular weight excluding hydrogens is 290 g/mol. The number of benzene rings is 1. The first kappa shape index (κ1) is 15.3. The van der Waals surface area contributed by atoms with Gasteiger partial charge >= 0.3 is 0 Å². The fraction of sp³-hybridized carbons (Fsp3) is 0.333. The minimum atomic E-state index is -0.0404. The fourth-order valence-corrected chi connectivity index (χ4v) is 2.65. The number of ether oxygens (including phenoxy) is 1. The third-order valence-corrected chi connectivity index (χ3v) is 3.94. The van der Waals surface area contributed by atoms with Crippen molar-refractivity contribution in [2.75, 3.05) is 32.6 Å². The van der Waals surface area contributed by atoms with Crippen LogP contribution in [-0.2, 0) is 6.42 Å².